The van der Waals surface area contributed by atoms with Crippen LogP contribution in [0.2, 0.25) is 0 Å². The van der Waals surface area contributed by atoms with Gasteiger partial charge in [0.25, 0.3) is 5.91 Å². The summed E-state index contributed by atoms with van der Waals surface area (Å²) in [7, 11) is 1.87. The first kappa shape index (κ1) is 20.1. The lowest BCUT2D eigenvalue weighted by atomic mass is 10.1. The number of rotatable bonds is 8. The molecular formula is C22H24N4O3. The van der Waals surface area contributed by atoms with E-state index < -0.39 is 12.1 Å². The van der Waals surface area contributed by atoms with Crippen LogP contribution in [0.4, 0.5) is 0 Å². The van der Waals surface area contributed by atoms with Crippen LogP contribution in [0.1, 0.15) is 24.4 Å². The lowest BCUT2D eigenvalue weighted by Gasteiger charge is -2.22. The minimum absolute atomic E-state index is 0.164. The quantitative estimate of drug-likeness (QED) is 0.616. The maximum atomic E-state index is 12.7. The van der Waals surface area contributed by atoms with Crippen molar-refractivity contribution >= 4 is 11.8 Å². The zero-order valence-electron chi connectivity index (χ0n) is 16.4. The average molecular weight is 392 g/mol. The van der Waals surface area contributed by atoms with Crippen LogP contribution in [-0.4, -0.2) is 34.0 Å². The van der Waals surface area contributed by atoms with Crippen LogP contribution in [-0.2, 0) is 16.6 Å². The number of nitrogens with one attached hydrogen (secondary N) is 2. The van der Waals surface area contributed by atoms with Crippen LogP contribution in [0.25, 0.3) is 0 Å². The third-order valence-corrected chi connectivity index (χ3v) is 4.42. The topological polar surface area (TPSA) is 85.2 Å². The molecular weight excluding hydrogens is 368 g/mol. The Morgan fingerprint density at radius 1 is 1.03 bits per heavy atom. The molecule has 0 saturated heterocycles. The van der Waals surface area contributed by atoms with Gasteiger partial charge in [0.2, 0.25) is 5.91 Å². The average Bonchev–Trinajstić information content (AvgIpc) is 3.17. The molecule has 29 heavy (non-hydrogen) atoms. The fourth-order valence-electron chi connectivity index (χ4n) is 2.88. The van der Waals surface area contributed by atoms with E-state index in [1.54, 1.807) is 25.3 Å². The van der Waals surface area contributed by atoms with Crippen LogP contribution in [0.15, 0.2) is 73.1 Å². The van der Waals surface area contributed by atoms with Crippen molar-refractivity contribution in [2.75, 3.05) is 6.61 Å². The standard InChI is InChI=1S/C22H24N4O3/c1-16(24-19(27)15-29-18-11-7-4-8-12-18)22(28)25-20(17-9-5-3-6-10-17)21-23-13-14-26(21)2/h3-14,16,20H,15H2,1-2H3,(H,24,27)(H,25,28)/t16-,20-/m1/s1. The Labute approximate surface area is 169 Å². The molecule has 3 rings (SSSR count). The van der Waals surface area contributed by atoms with E-state index in [-0.39, 0.29) is 18.4 Å². The van der Waals surface area contributed by atoms with Gasteiger partial charge in [0.15, 0.2) is 6.61 Å². The van der Waals surface area contributed by atoms with Crippen LogP contribution in [0.3, 0.4) is 0 Å². The minimum atomic E-state index is -0.728. The fourth-order valence-corrected chi connectivity index (χ4v) is 2.88. The highest BCUT2D eigenvalue weighted by atomic mass is 16.5. The molecule has 0 aliphatic rings. The van der Waals surface area contributed by atoms with Gasteiger partial charge in [0.1, 0.15) is 23.7 Å². The van der Waals surface area contributed by atoms with Crippen molar-refractivity contribution < 1.29 is 14.3 Å². The summed E-state index contributed by atoms with van der Waals surface area (Å²) in [5.41, 5.74) is 0.904. The Morgan fingerprint density at radius 2 is 1.69 bits per heavy atom. The number of carbonyl (C=O) groups excluding carboxylic acids is 2. The van der Waals surface area contributed by atoms with Gasteiger partial charge >= 0.3 is 0 Å². The Bertz CT molecular complexity index is 941. The minimum Gasteiger partial charge on any atom is -0.484 e. The summed E-state index contributed by atoms with van der Waals surface area (Å²) < 4.78 is 7.27. The van der Waals surface area contributed by atoms with Gasteiger partial charge < -0.3 is 19.9 Å². The number of amides is 2. The number of aromatic nitrogens is 2. The van der Waals surface area contributed by atoms with Crippen molar-refractivity contribution in [2.45, 2.75) is 19.0 Å². The lowest BCUT2D eigenvalue weighted by molar-refractivity contribution is -0.129. The molecule has 0 bridgehead atoms. The third-order valence-electron chi connectivity index (χ3n) is 4.42. The molecule has 150 valence electrons. The molecule has 1 aromatic heterocycles. The Kier molecular flexibility index (Phi) is 6.63. The smallest absolute Gasteiger partial charge is 0.258 e. The molecule has 0 aliphatic carbocycles. The number of aryl methyl sites for hydroxylation is 1. The molecule has 7 nitrogen and oxygen atoms in total. The monoisotopic (exact) mass is 392 g/mol. The largest absolute Gasteiger partial charge is 0.484 e. The van der Waals surface area contributed by atoms with E-state index in [2.05, 4.69) is 15.6 Å². The number of ether oxygens (including phenoxy) is 1. The molecule has 0 aliphatic heterocycles. The highest BCUT2D eigenvalue weighted by molar-refractivity contribution is 5.88. The van der Waals surface area contributed by atoms with Crippen molar-refractivity contribution in [3.05, 3.63) is 84.4 Å². The number of carbonyl (C=O) groups is 2. The molecule has 7 heteroatoms. The van der Waals surface area contributed by atoms with Gasteiger partial charge in [0, 0.05) is 19.4 Å². The van der Waals surface area contributed by atoms with Gasteiger partial charge in [-0.2, -0.15) is 0 Å². The van der Waals surface area contributed by atoms with Gasteiger partial charge in [0.05, 0.1) is 0 Å². The maximum absolute atomic E-state index is 12.7. The summed E-state index contributed by atoms with van der Waals surface area (Å²) in [5, 5.41) is 5.64. The zero-order valence-corrected chi connectivity index (χ0v) is 16.4. The van der Waals surface area contributed by atoms with E-state index in [1.807, 2.05) is 66.3 Å². The van der Waals surface area contributed by atoms with Crippen LogP contribution >= 0.6 is 0 Å². The van der Waals surface area contributed by atoms with Crippen LogP contribution in [0.5, 0.6) is 5.75 Å². The Morgan fingerprint density at radius 3 is 2.31 bits per heavy atom. The van der Waals surface area contributed by atoms with E-state index in [9.17, 15) is 9.59 Å². The number of hydrogen-bond donors (Lipinski definition) is 2. The summed E-state index contributed by atoms with van der Waals surface area (Å²) in [5.74, 6) is 0.619. The van der Waals surface area contributed by atoms with E-state index in [1.165, 1.54) is 0 Å². The second-order valence-corrected chi connectivity index (χ2v) is 6.64. The summed E-state index contributed by atoms with van der Waals surface area (Å²) in [6, 6.07) is 17.5. The maximum Gasteiger partial charge on any atom is 0.258 e. The number of imidazole rings is 1. The van der Waals surface area contributed by atoms with E-state index in [0.29, 0.717) is 11.6 Å². The van der Waals surface area contributed by atoms with Crippen molar-refractivity contribution in [1.82, 2.24) is 20.2 Å². The molecule has 2 atom stereocenters. The predicted molar refractivity (Wildman–Crippen MR) is 109 cm³/mol. The van der Waals surface area contributed by atoms with Gasteiger partial charge in [-0.15, -0.1) is 0 Å². The van der Waals surface area contributed by atoms with Crippen molar-refractivity contribution in [1.29, 1.82) is 0 Å². The van der Waals surface area contributed by atoms with Crippen LogP contribution < -0.4 is 15.4 Å². The number of hydrogen-bond acceptors (Lipinski definition) is 4. The second kappa shape index (κ2) is 9.54. The molecule has 1 heterocycles. The van der Waals surface area contributed by atoms with E-state index >= 15 is 0 Å². The number of benzene rings is 2. The molecule has 0 radical (unpaired) electrons. The Hall–Kier alpha value is -3.61. The first-order valence-electron chi connectivity index (χ1n) is 9.34. The van der Waals surface area contributed by atoms with Crippen LogP contribution in [0, 0.1) is 0 Å². The summed E-state index contributed by atoms with van der Waals surface area (Å²) in [6.07, 6.45) is 3.51. The van der Waals surface area contributed by atoms with Crippen molar-refractivity contribution in [3.63, 3.8) is 0 Å². The van der Waals surface area contributed by atoms with Crippen molar-refractivity contribution in [3.8, 4) is 5.75 Å². The molecule has 2 N–H and O–H groups in total. The molecule has 2 amide bonds. The van der Waals surface area contributed by atoms with E-state index in [0.717, 1.165) is 5.56 Å². The molecule has 2 aromatic carbocycles. The third kappa shape index (κ3) is 5.44. The molecule has 0 unspecified atom stereocenters. The lowest BCUT2D eigenvalue weighted by Crippen LogP contribution is -2.47. The fraction of sp³-hybridized carbons (Fsp3) is 0.227. The SMILES string of the molecule is C[C@@H](NC(=O)COc1ccccc1)C(=O)N[C@H](c1ccccc1)c1nccn1C. The summed E-state index contributed by atoms with van der Waals surface area (Å²) in [4.78, 5) is 29.2. The predicted octanol–water partition coefficient (Wildman–Crippen LogP) is 2.21. The number of para-hydroxylation sites is 1. The number of nitrogens with zero attached hydrogens (tertiary/aromatic N) is 2. The highest BCUT2D eigenvalue weighted by Crippen LogP contribution is 2.20. The molecule has 0 fully saturated rings. The second-order valence-electron chi connectivity index (χ2n) is 6.64. The molecule has 0 saturated carbocycles. The summed E-state index contributed by atoms with van der Waals surface area (Å²) >= 11 is 0. The first-order chi connectivity index (χ1) is 14.0. The zero-order chi connectivity index (χ0) is 20.6. The van der Waals surface area contributed by atoms with Gasteiger partial charge in [-0.05, 0) is 24.6 Å². The normalized spacial score (nSPS) is 12.6. The van der Waals surface area contributed by atoms with Crippen molar-refractivity contribution in [2.24, 2.45) is 7.05 Å². The first-order valence-corrected chi connectivity index (χ1v) is 9.34. The summed E-state index contributed by atoms with van der Waals surface area (Å²) in [6.45, 7) is 1.47. The molecule has 3 aromatic rings. The molecule has 0 spiro atoms. The van der Waals surface area contributed by atoms with E-state index in [4.69, 9.17) is 4.74 Å². The Balaban J connectivity index is 1.61. The van der Waals surface area contributed by atoms with Gasteiger partial charge in [-0.3, -0.25) is 9.59 Å². The highest BCUT2D eigenvalue weighted by Gasteiger charge is 2.24. The van der Waals surface area contributed by atoms with Gasteiger partial charge in [-0.1, -0.05) is 48.5 Å². The van der Waals surface area contributed by atoms with Gasteiger partial charge in [-0.25, -0.2) is 4.98 Å².